The molecule has 0 heterocycles. The van der Waals surface area contributed by atoms with E-state index in [4.69, 9.17) is 23.2 Å². The van der Waals surface area contributed by atoms with Crippen LogP contribution in [0.3, 0.4) is 0 Å². The molecule has 2 N–H and O–H groups in total. The molecule has 0 atom stereocenters. The molecule has 0 radical (unpaired) electrons. The van der Waals surface area contributed by atoms with Crippen LogP contribution in [-0.4, -0.2) is 18.0 Å². The van der Waals surface area contributed by atoms with Gasteiger partial charge >= 0.3 is 0 Å². The average Bonchev–Trinajstić information content (AvgIpc) is 2.60. The van der Waals surface area contributed by atoms with Crippen LogP contribution in [0.5, 0.6) is 0 Å². The molecule has 130 valence electrons. The highest BCUT2D eigenvalue weighted by molar-refractivity contribution is 6.36. The first kappa shape index (κ1) is 19.0. The van der Waals surface area contributed by atoms with Crippen LogP contribution in [0.25, 0.3) is 0 Å². The molecule has 5 nitrogen and oxygen atoms in total. The number of benzene rings is 2. The van der Waals surface area contributed by atoms with E-state index >= 15 is 0 Å². The van der Waals surface area contributed by atoms with Gasteiger partial charge in [-0.1, -0.05) is 53.5 Å². The predicted molar refractivity (Wildman–Crippen MR) is 101 cm³/mol. The van der Waals surface area contributed by atoms with Crippen LogP contribution in [0.2, 0.25) is 10.0 Å². The molecule has 0 saturated heterocycles. The Balaban J connectivity index is 1.69. The normalized spacial score (nSPS) is 10.6. The summed E-state index contributed by atoms with van der Waals surface area (Å²) in [5, 5.41) is 7.32. The zero-order chi connectivity index (χ0) is 18.1. The Labute approximate surface area is 156 Å². The highest BCUT2D eigenvalue weighted by Crippen LogP contribution is 2.25. The van der Waals surface area contributed by atoms with E-state index in [1.165, 1.54) is 6.07 Å². The molecule has 0 fully saturated rings. The van der Waals surface area contributed by atoms with Gasteiger partial charge < -0.3 is 5.32 Å². The topological polar surface area (TPSA) is 70.6 Å². The molecule has 0 saturated carbocycles. The van der Waals surface area contributed by atoms with Crippen molar-refractivity contribution in [2.75, 3.05) is 5.32 Å². The Kier molecular flexibility index (Phi) is 7.44. The molecule has 2 aromatic carbocycles. The van der Waals surface area contributed by atoms with E-state index in [1.54, 1.807) is 18.3 Å². The summed E-state index contributed by atoms with van der Waals surface area (Å²) in [5.74, 6) is -0.644. The van der Waals surface area contributed by atoms with E-state index in [9.17, 15) is 9.59 Å². The number of hydrogen-bond donors (Lipinski definition) is 2. The molecule has 2 aromatic rings. The molecule has 0 aromatic heterocycles. The summed E-state index contributed by atoms with van der Waals surface area (Å²) in [4.78, 5) is 23.5. The van der Waals surface area contributed by atoms with Crippen LogP contribution in [0.4, 0.5) is 5.69 Å². The summed E-state index contributed by atoms with van der Waals surface area (Å²) < 4.78 is 0. The Morgan fingerprint density at radius 3 is 2.44 bits per heavy atom. The number of hydrazone groups is 1. The first-order valence-corrected chi connectivity index (χ1v) is 8.39. The third-order valence-corrected chi connectivity index (χ3v) is 3.78. The maximum Gasteiger partial charge on any atom is 0.240 e. The lowest BCUT2D eigenvalue weighted by Crippen LogP contribution is -2.20. The molecular weight excluding hydrogens is 361 g/mol. The van der Waals surface area contributed by atoms with Gasteiger partial charge in [0.25, 0.3) is 0 Å². The Hall–Kier alpha value is -2.37. The molecule has 0 bridgehead atoms. The van der Waals surface area contributed by atoms with Gasteiger partial charge in [-0.2, -0.15) is 5.10 Å². The van der Waals surface area contributed by atoms with Gasteiger partial charge in [-0.3, -0.25) is 9.59 Å². The van der Waals surface area contributed by atoms with Crippen LogP contribution in [0.15, 0.2) is 53.6 Å². The van der Waals surface area contributed by atoms with Crippen molar-refractivity contribution >= 4 is 46.9 Å². The highest BCUT2D eigenvalue weighted by Gasteiger charge is 2.09. The maximum absolute atomic E-state index is 11.8. The van der Waals surface area contributed by atoms with Crippen molar-refractivity contribution in [1.82, 2.24) is 5.43 Å². The monoisotopic (exact) mass is 377 g/mol. The van der Waals surface area contributed by atoms with Crippen molar-refractivity contribution in [3.8, 4) is 0 Å². The van der Waals surface area contributed by atoms with Gasteiger partial charge in [0.2, 0.25) is 11.8 Å². The Bertz CT molecular complexity index is 764. The minimum Gasteiger partial charge on any atom is -0.325 e. The second kappa shape index (κ2) is 9.81. The third-order valence-electron chi connectivity index (χ3n) is 3.23. The largest absolute Gasteiger partial charge is 0.325 e. The van der Waals surface area contributed by atoms with Crippen molar-refractivity contribution in [3.63, 3.8) is 0 Å². The fourth-order valence-corrected chi connectivity index (χ4v) is 2.43. The van der Waals surface area contributed by atoms with Gasteiger partial charge in [0.15, 0.2) is 0 Å². The number of carbonyl (C=O) groups excluding carboxylic acids is 2. The molecule has 2 rings (SSSR count). The van der Waals surface area contributed by atoms with Crippen molar-refractivity contribution in [2.45, 2.75) is 19.3 Å². The highest BCUT2D eigenvalue weighted by atomic mass is 35.5. The number of hydrogen-bond acceptors (Lipinski definition) is 3. The van der Waals surface area contributed by atoms with Crippen molar-refractivity contribution in [1.29, 1.82) is 0 Å². The minimum absolute atomic E-state index is 0.0268. The number of nitrogens with zero attached hydrogens (tertiary/aromatic N) is 1. The van der Waals surface area contributed by atoms with E-state index < -0.39 is 0 Å². The SMILES string of the molecule is O=C(CCC(=O)Nc1ccc(Cl)cc1Cl)NN=CCc1ccccc1. The number of nitrogens with one attached hydrogen (secondary N) is 2. The zero-order valence-corrected chi connectivity index (χ0v) is 14.8. The van der Waals surface area contributed by atoms with E-state index in [0.717, 1.165) is 5.56 Å². The smallest absolute Gasteiger partial charge is 0.240 e. The Morgan fingerprint density at radius 2 is 1.72 bits per heavy atom. The molecule has 2 amide bonds. The number of halogens is 2. The summed E-state index contributed by atoms with van der Waals surface area (Å²) in [6, 6.07) is 14.5. The quantitative estimate of drug-likeness (QED) is 0.564. The first-order chi connectivity index (χ1) is 12.0. The van der Waals surface area contributed by atoms with Crippen LogP contribution in [-0.2, 0) is 16.0 Å². The molecule has 0 spiro atoms. The summed E-state index contributed by atoms with van der Waals surface area (Å²) in [6.07, 6.45) is 2.29. The third kappa shape index (κ3) is 6.95. The lowest BCUT2D eigenvalue weighted by atomic mass is 10.2. The number of anilines is 1. The fraction of sp³-hybridized carbons (Fsp3) is 0.167. The van der Waals surface area contributed by atoms with Gasteiger partial charge in [0.1, 0.15) is 0 Å². The second-order valence-corrected chi connectivity index (χ2v) is 6.05. The molecule has 0 unspecified atom stereocenters. The lowest BCUT2D eigenvalue weighted by molar-refractivity contribution is -0.124. The molecule has 0 aliphatic heterocycles. The molecule has 25 heavy (non-hydrogen) atoms. The average molecular weight is 378 g/mol. The van der Waals surface area contributed by atoms with Gasteiger partial charge in [0, 0.05) is 30.5 Å². The van der Waals surface area contributed by atoms with Crippen LogP contribution in [0, 0.1) is 0 Å². The van der Waals surface area contributed by atoms with Crippen LogP contribution in [0.1, 0.15) is 18.4 Å². The van der Waals surface area contributed by atoms with Gasteiger partial charge in [-0.25, -0.2) is 5.43 Å². The molecule has 7 heteroatoms. The summed E-state index contributed by atoms with van der Waals surface area (Å²) >= 11 is 11.8. The number of carbonyl (C=O) groups is 2. The Morgan fingerprint density at radius 1 is 1.00 bits per heavy atom. The molecule has 0 aliphatic carbocycles. The van der Waals surface area contributed by atoms with Crippen molar-refractivity contribution in [2.24, 2.45) is 5.10 Å². The lowest BCUT2D eigenvalue weighted by Gasteiger charge is -2.07. The van der Waals surface area contributed by atoms with Crippen LogP contribution >= 0.6 is 23.2 Å². The van der Waals surface area contributed by atoms with E-state index in [1.807, 2.05) is 30.3 Å². The molecule has 0 aliphatic rings. The van der Waals surface area contributed by atoms with E-state index in [2.05, 4.69) is 15.8 Å². The zero-order valence-electron chi connectivity index (χ0n) is 13.3. The van der Waals surface area contributed by atoms with Crippen molar-refractivity contribution in [3.05, 3.63) is 64.1 Å². The number of amides is 2. The van der Waals surface area contributed by atoms with Crippen LogP contribution < -0.4 is 10.7 Å². The van der Waals surface area contributed by atoms with Gasteiger partial charge in [-0.05, 0) is 23.8 Å². The standard InChI is InChI=1S/C18H17Cl2N3O2/c19-14-6-7-16(15(20)12-14)22-17(24)8-9-18(25)23-21-11-10-13-4-2-1-3-5-13/h1-7,11-12H,8-10H2,(H,22,24)(H,23,25). The predicted octanol–water partition coefficient (Wildman–Crippen LogP) is 4.06. The first-order valence-electron chi connectivity index (χ1n) is 7.64. The fourth-order valence-electron chi connectivity index (χ4n) is 1.97. The van der Waals surface area contributed by atoms with Gasteiger partial charge in [0.05, 0.1) is 10.7 Å². The maximum atomic E-state index is 11.8. The summed E-state index contributed by atoms with van der Waals surface area (Å²) in [7, 11) is 0. The van der Waals surface area contributed by atoms with Crippen molar-refractivity contribution < 1.29 is 9.59 Å². The van der Waals surface area contributed by atoms with E-state index in [-0.39, 0.29) is 24.7 Å². The second-order valence-electron chi connectivity index (χ2n) is 5.21. The van der Waals surface area contributed by atoms with Gasteiger partial charge in [-0.15, -0.1) is 0 Å². The summed E-state index contributed by atoms with van der Waals surface area (Å²) in [6.45, 7) is 0. The summed E-state index contributed by atoms with van der Waals surface area (Å²) in [5.41, 5.74) is 3.95. The minimum atomic E-state index is -0.332. The molecular formula is C18H17Cl2N3O2. The van der Waals surface area contributed by atoms with E-state index in [0.29, 0.717) is 22.2 Å². The number of rotatable bonds is 7.